The molecule has 98 valence electrons. The minimum absolute atomic E-state index is 0.158. The number of hydrogen-bond acceptors (Lipinski definition) is 2. The second-order valence-corrected chi connectivity index (χ2v) is 3.23. The van der Waals surface area contributed by atoms with Crippen molar-refractivity contribution < 1.29 is 27.1 Å². The van der Waals surface area contributed by atoms with E-state index < -0.39 is 23.5 Å². The fourth-order valence-corrected chi connectivity index (χ4v) is 1.12. The van der Waals surface area contributed by atoms with Crippen LogP contribution in [0.1, 0.15) is 5.56 Å². The first-order valence-electron chi connectivity index (χ1n) is 4.71. The van der Waals surface area contributed by atoms with Gasteiger partial charge >= 0.3 is 6.18 Å². The number of hydrogen-bond donors (Lipinski definition) is 1. The van der Waals surface area contributed by atoms with E-state index in [0.717, 1.165) is 19.2 Å². The zero-order chi connectivity index (χ0) is 13.8. The van der Waals surface area contributed by atoms with Gasteiger partial charge < -0.3 is 10.1 Å². The van der Waals surface area contributed by atoms with Crippen LogP contribution >= 0.6 is 0 Å². The van der Waals surface area contributed by atoms with Crippen molar-refractivity contribution in [3.05, 3.63) is 41.9 Å². The van der Waals surface area contributed by atoms with Crippen LogP contribution in [-0.2, 0) is 15.7 Å². The number of ether oxygens (including phenoxy) is 1. The van der Waals surface area contributed by atoms with E-state index in [1.165, 1.54) is 6.07 Å². The summed E-state index contributed by atoms with van der Waals surface area (Å²) in [7, 11) is 1.14. The number of nitrogens with one attached hydrogen (secondary N) is 1. The van der Waals surface area contributed by atoms with Crippen LogP contribution in [-0.4, -0.2) is 13.0 Å². The van der Waals surface area contributed by atoms with Gasteiger partial charge in [-0.2, -0.15) is 17.6 Å². The van der Waals surface area contributed by atoms with E-state index in [1.807, 2.05) is 5.32 Å². The molecule has 1 aromatic rings. The fraction of sp³-hybridized carbons (Fsp3) is 0.182. The first-order valence-corrected chi connectivity index (χ1v) is 4.71. The van der Waals surface area contributed by atoms with Crippen LogP contribution in [0.4, 0.5) is 23.2 Å². The highest BCUT2D eigenvalue weighted by Gasteiger charge is 2.30. The summed E-state index contributed by atoms with van der Waals surface area (Å²) in [6.07, 6.45) is -3.98. The highest BCUT2D eigenvalue weighted by Crippen LogP contribution is 2.30. The topological polar surface area (TPSA) is 38.3 Å². The van der Waals surface area contributed by atoms with E-state index in [2.05, 4.69) is 4.74 Å². The van der Waals surface area contributed by atoms with Crippen LogP contribution in [0.25, 0.3) is 0 Å². The first-order chi connectivity index (χ1) is 8.34. The van der Waals surface area contributed by atoms with Crippen molar-refractivity contribution in [2.24, 2.45) is 0 Å². The molecule has 0 heterocycles. The third-order valence-corrected chi connectivity index (χ3v) is 1.89. The maximum atomic E-state index is 12.9. The number of amides is 1. The number of anilines is 1. The van der Waals surface area contributed by atoms with Crippen molar-refractivity contribution in [3.8, 4) is 0 Å². The second-order valence-electron chi connectivity index (χ2n) is 3.23. The molecule has 1 amide bonds. The molecule has 0 aliphatic rings. The van der Waals surface area contributed by atoms with Gasteiger partial charge in [0.15, 0.2) is 0 Å². The van der Waals surface area contributed by atoms with Crippen LogP contribution < -0.4 is 5.32 Å². The number of halogens is 4. The zero-order valence-electron chi connectivity index (χ0n) is 9.22. The fourth-order valence-electron chi connectivity index (χ4n) is 1.12. The second kappa shape index (κ2) is 5.52. The lowest BCUT2D eigenvalue weighted by atomic mass is 10.2. The Kier molecular flexibility index (Phi) is 4.30. The molecule has 7 heteroatoms. The molecule has 0 unspecified atom stereocenters. The Balaban J connectivity index is 2.87. The third-order valence-electron chi connectivity index (χ3n) is 1.89. The summed E-state index contributed by atoms with van der Waals surface area (Å²) < 4.78 is 54.3. The Hall–Kier alpha value is -2.05. The van der Waals surface area contributed by atoms with E-state index in [4.69, 9.17) is 0 Å². The molecule has 18 heavy (non-hydrogen) atoms. The van der Waals surface area contributed by atoms with E-state index in [1.54, 1.807) is 0 Å². The van der Waals surface area contributed by atoms with Gasteiger partial charge in [0.1, 0.15) is 6.26 Å². The normalized spacial score (nSPS) is 12.2. The lowest BCUT2D eigenvalue weighted by Crippen LogP contribution is -2.13. The van der Waals surface area contributed by atoms with Crippen LogP contribution in [0.5, 0.6) is 0 Å². The molecule has 0 saturated heterocycles. The number of methoxy groups -OCH3 is 1. The Morgan fingerprint density at radius 2 is 2.06 bits per heavy atom. The highest BCUT2D eigenvalue weighted by molar-refractivity contribution is 6.01. The van der Waals surface area contributed by atoms with E-state index >= 15 is 0 Å². The predicted octanol–water partition coefficient (Wildman–Crippen LogP) is 3.10. The Morgan fingerprint density at radius 1 is 1.39 bits per heavy atom. The minimum Gasteiger partial charge on any atom is -0.501 e. The molecule has 3 nitrogen and oxygen atoms in total. The van der Waals surface area contributed by atoms with Crippen LogP contribution in [0.3, 0.4) is 0 Å². The molecule has 0 spiro atoms. The molecule has 0 atom stereocenters. The lowest BCUT2D eigenvalue weighted by molar-refractivity contribution is -0.137. The first kappa shape index (κ1) is 14.0. The van der Waals surface area contributed by atoms with Crippen molar-refractivity contribution in [2.45, 2.75) is 6.18 Å². The SMILES string of the molecule is CO/C=C(\F)C(=O)Nc1cccc(C(F)(F)F)c1. The predicted molar refractivity (Wildman–Crippen MR) is 56.3 cm³/mol. The van der Waals surface area contributed by atoms with Gasteiger partial charge in [-0.15, -0.1) is 0 Å². The van der Waals surface area contributed by atoms with Crippen molar-refractivity contribution in [1.82, 2.24) is 0 Å². The monoisotopic (exact) mass is 263 g/mol. The molecule has 0 aliphatic carbocycles. The molecule has 1 aromatic carbocycles. The van der Waals surface area contributed by atoms with Crippen molar-refractivity contribution in [2.75, 3.05) is 12.4 Å². The standard InChI is InChI=1S/C11H9F4NO2/c1-18-6-9(12)10(17)16-8-4-2-3-7(5-8)11(13,14)15/h2-6H,1H3,(H,16,17)/b9-6-. The average molecular weight is 263 g/mol. The van der Waals surface area contributed by atoms with E-state index in [9.17, 15) is 22.4 Å². The molecule has 0 fully saturated rings. The number of carbonyl (C=O) groups is 1. The van der Waals surface area contributed by atoms with Crippen molar-refractivity contribution >= 4 is 11.6 Å². The van der Waals surface area contributed by atoms with Gasteiger partial charge in [-0.3, -0.25) is 4.79 Å². The molecule has 0 saturated carbocycles. The van der Waals surface area contributed by atoms with Gasteiger partial charge in [0.05, 0.1) is 12.7 Å². The van der Waals surface area contributed by atoms with Crippen LogP contribution in [0.15, 0.2) is 36.4 Å². The summed E-state index contributed by atoms with van der Waals surface area (Å²) in [5.41, 5.74) is -1.09. The summed E-state index contributed by atoms with van der Waals surface area (Å²) in [6.45, 7) is 0. The van der Waals surface area contributed by atoms with E-state index in [0.29, 0.717) is 12.3 Å². The molecule has 0 aliphatic heterocycles. The highest BCUT2D eigenvalue weighted by atomic mass is 19.4. The molecule has 0 radical (unpaired) electrons. The van der Waals surface area contributed by atoms with Crippen molar-refractivity contribution in [1.29, 1.82) is 0 Å². The van der Waals surface area contributed by atoms with Crippen LogP contribution in [0.2, 0.25) is 0 Å². The van der Waals surface area contributed by atoms with Gasteiger partial charge in [0.2, 0.25) is 5.83 Å². The van der Waals surface area contributed by atoms with Crippen molar-refractivity contribution in [3.63, 3.8) is 0 Å². The molecule has 1 N–H and O–H groups in total. The minimum atomic E-state index is -4.53. The third kappa shape index (κ3) is 3.76. The number of carbonyl (C=O) groups excluding carboxylic acids is 1. The van der Waals surface area contributed by atoms with Gasteiger partial charge in [0, 0.05) is 5.69 Å². The van der Waals surface area contributed by atoms with Gasteiger partial charge in [-0.25, -0.2) is 0 Å². The maximum absolute atomic E-state index is 12.9. The summed E-state index contributed by atoms with van der Waals surface area (Å²) in [5, 5.41) is 1.98. The smallest absolute Gasteiger partial charge is 0.416 e. The summed E-state index contributed by atoms with van der Waals surface area (Å²) in [6, 6.07) is 3.87. The van der Waals surface area contributed by atoms with Crippen LogP contribution in [0, 0.1) is 0 Å². The average Bonchev–Trinajstić information content (AvgIpc) is 2.28. The Morgan fingerprint density at radius 3 is 2.61 bits per heavy atom. The quantitative estimate of drug-likeness (QED) is 0.517. The lowest BCUT2D eigenvalue weighted by Gasteiger charge is -2.09. The van der Waals surface area contributed by atoms with Gasteiger partial charge in [0.25, 0.3) is 5.91 Å². The van der Waals surface area contributed by atoms with Gasteiger partial charge in [-0.1, -0.05) is 6.07 Å². The van der Waals surface area contributed by atoms with Gasteiger partial charge in [-0.05, 0) is 18.2 Å². The number of rotatable bonds is 3. The largest absolute Gasteiger partial charge is 0.501 e. The molecule has 0 bridgehead atoms. The molecular weight excluding hydrogens is 254 g/mol. The number of benzene rings is 1. The summed E-state index contributed by atoms with van der Waals surface area (Å²) in [4.78, 5) is 11.1. The zero-order valence-corrected chi connectivity index (χ0v) is 9.22. The molecule has 1 rings (SSSR count). The molecular formula is C11H9F4NO2. The summed E-state index contributed by atoms with van der Waals surface area (Å²) >= 11 is 0. The Bertz CT molecular complexity index is 468. The molecule has 0 aromatic heterocycles. The van der Waals surface area contributed by atoms with E-state index in [-0.39, 0.29) is 5.69 Å². The maximum Gasteiger partial charge on any atom is 0.416 e. The number of alkyl halides is 3. The summed E-state index contributed by atoms with van der Waals surface area (Å²) in [5.74, 6) is -2.42. The Labute approximate surface area is 100 Å².